The van der Waals surface area contributed by atoms with Gasteiger partial charge in [-0.1, -0.05) is 47.5 Å². The highest BCUT2D eigenvalue weighted by Crippen LogP contribution is 2.23. The summed E-state index contributed by atoms with van der Waals surface area (Å²) in [5.41, 5.74) is 0.378. The first-order valence-corrected chi connectivity index (χ1v) is 12.9. The fourth-order valence-electron chi connectivity index (χ4n) is 3.11. The van der Waals surface area contributed by atoms with Crippen molar-refractivity contribution in [2.45, 2.75) is 45.8 Å². The number of nitrogens with zero attached hydrogens (tertiary/aromatic N) is 2. The fraction of sp³-hybridized carbons (Fsp3) is 0.391. The lowest BCUT2D eigenvalue weighted by atomic mass is 10.1. The molecule has 10 heteroatoms. The van der Waals surface area contributed by atoms with Crippen molar-refractivity contribution >= 4 is 50.7 Å². The minimum atomic E-state index is -3.82. The van der Waals surface area contributed by atoms with Crippen molar-refractivity contribution in [3.8, 4) is 0 Å². The lowest BCUT2D eigenvalue weighted by molar-refractivity contribution is -0.140. The number of carbonyl (C=O) groups excluding carboxylic acids is 2. The van der Waals surface area contributed by atoms with Gasteiger partial charge in [0.05, 0.1) is 11.9 Å². The number of rotatable bonds is 8. The Labute approximate surface area is 205 Å². The first kappa shape index (κ1) is 27.0. The Morgan fingerprint density at radius 2 is 1.70 bits per heavy atom. The van der Waals surface area contributed by atoms with Gasteiger partial charge < -0.3 is 10.2 Å². The summed E-state index contributed by atoms with van der Waals surface area (Å²) in [5.74, 6) is -0.923. The monoisotopic (exact) mass is 513 g/mol. The fourth-order valence-corrected chi connectivity index (χ4v) is 4.33. The summed E-state index contributed by atoms with van der Waals surface area (Å²) in [7, 11) is -3.82. The molecule has 0 aliphatic rings. The van der Waals surface area contributed by atoms with E-state index in [1.807, 2.05) is 20.8 Å². The van der Waals surface area contributed by atoms with E-state index in [0.29, 0.717) is 15.6 Å². The van der Waals surface area contributed by atoms with Gasteiger partial charge in [-0.05, 0) is 57.5 Å². The minimum Gasteiger partial charge on any atom is -0.350 e. The van der Waals surface area contributed by atoms with Crippen molar-refractivity contribution in [3.63, 3.8) is 0 Å². The highest BCUT2D eigenvalue weighted by Gasteiger charge is 2.31. The largest absolute Gasteiger partial charge is 0.350 e. The van der Waals surface area contributed by atoms with Gasteiger partial charge in [0.15, 0.2) is 0 Å². The average Bonchev–Trinajstić information content (AvgIpc) is 2.68. The number of carbonyl (C=O) groups is 2. The molecule has 0 saturated carbocycles. The summed E-state index contributed by atoms with van der Waals surface area (Å²) in [6, 6.07) is 12.3. The molecule has 0 bridgehead atoms. The normalized spacial score (nSPS) is 12.7. The Kier molecular flexibility index (Phi) is 8.79. The van der Waals surface area contributed by atoms with Gasteiger partial charge in [0.2, 0.25) is 21.8 Å². The van der Waals surface area contributed by atoms with E-state index in [2.05, 4.69) is 5.32 Å². The smallest absolute Gasteiger partial charge is 0.244 e. The predicted molar refractivity (Wildman–Crippen MR) is 133 cm³/mol. The molecular formula is C23H29Cl2N3O4S. The third kappa shape index (κ3) is 7.91. The third-order valence-electron chi connectivity index (χ3n) is 4.74. The number of sulfonamides is 1. The molecule has 2 amide bonds. The van der Waals surface area contributed by atoms with Gasteiger partial charge >= 0.3 is 0 Å². The van der Waals surface area contributed by atoms with Crippen LogP contribution in [0.5, 0.6) is 0 Å². The molecule has 0 aliphatic heterocycles. The van der Waals surface area contributed by atoms with Crippen molar-refractivity contribution in [2.24, 2.45) is 0 Å². The van der Waals surface area contributed by atoms with E-state index in [1.54, 1.807) is 49.4 Å². The van der Waals surface area contributed by atoms with E-state index in [9.17, 15) is 18.0 Å². The Balaban J connectivity index is 2.42. The maximum Gasteiger partial charge on any atom is 0.244 e. The lowest BCUT2D eigenvalue weighted by Gasteiger charge is -2.33. The van der Waals surface area contributed by atoms with Gasteiger partial charge in [0.25, 0.3) is 0 Å². The molecule has 0 radical (unpaired) electrons. The van der Waals surface area contributed by atoms with Gasteiger partial charge in [0.1, 0.15) is 12.6 Å². The number of benzene rings is 2. The van der Waals surface area contributed by atoms with Crippen molar-refractivity contribution in [1.29, 1.82) is 0 Å². The van der Waals surface area contributed by atoms with Crippen LogP contribution >= 0.6 is 23.2 Å². The van der Waals surface area contributed by atoms with Crippen molar-refractivity contribution < 1.29 is 18.0 Å². The quantitative estimate of drug-likeness (QED) is 0.575. The first-order chi connectivity index (χ1) is 15.2. The molecular weight excluding hydrogens is 485 g/mol. The highest BCUT2D eigenvalue weighted by atomic mass is 35.5. The summed E-state index contributed by atoms with van der Waals surface area (Å²) >= 11 is 12.3. The molecule has 33 heavy (non-hydrogen) atoms. The zero-order chi connectivity index (χ0) is 25.0. The molecule has 0 spiro atoms. The Morgan fingerprint density at radius 3 is 2.24 bits per heavy atom. The van der Waals surface area contributed by atoms with Crippen LogP contribution in [0, 0.1) is 0 Å². The molecule has 0 saturated heterocycles. The molecule has 0 aliphatic carbocycles. The molecule has 7 nitrogen and oxygen atoms in total. The highest BCUT2D eigenvalue weighted by molar-refractivity contribution is 7.92. The van der Waals surface area contributed by atoms with Crippen LogP contribution in [-0.2, 0) is 26.2 Å². The van der Waals surface area contributed by atoms with Crippen LogP contribution in [0.1, 0.15) is 33.3 Å². The zero-order valence-electron chi connectivity index (χ0n) is 19.3. The van der Waals surface area contributed by atoms with Gasteiger partial charge in [-0.3, -0.25) is 13.9 Å². The first-order valence-electron chi connectivity index (χ1n) is 10.3. The second kappa shape index (κ2) is 10.8. The summed E-state index contributed by atoms with van der Waals surface area (Å²) in [5, 5.41) is 3.63. The van der Waals surface area contributed by atoms with Gasteiger partial charge in [-0.25, -0.2) is 8.42 Å². The summed E-state index contributed by atoms with van der Waals surface area (Å²) in [4.78, 5) is 27.7. The van der Waals surface area contributed by atoms with Crippen molar-refractivity contribution in [3.05, 3.63) is 64.1 Å². The lowest BCUT2D eigenvalue weighted by Crippen LogP contribution is -2.54. The van der Waals surface area contributed by atoms with E-state index in [0.717, 1.165) is 10.6 Å². The predicted octanol–water partition coefficient (Wildman–Crippen LogP) is 4.09. The molecule has 0 heterocycles. The van der Waals surface area contributed by atoms with Crippen LogP contribution in [0.25, 0.3) is 0 Å². The Hall–Kier alpha value is -2.29. The van der Waals surface area contributed by atoms with E-state index in [-0.39, 0.29) is 18.1 Å². The van der Waals surface area contributed by atoms with Gasteiger partial charge in [-0.2, -0.15) is 0 Å². The SMILES string of the molecule is CC(C(=O)NC(C)(C)C)N(Cc1ccccc1Cl)C(=O)CN(c1cccc(Cl)c1)S(C)(=O)=O. The molecule has 0 aromatic heterocycles. The molecule has 180 valence electrons. The number of hydrogen-bond acceptors (Lipinski definition) is 4. The van der Waals surface area contributed by atoms with Gasteiger partial charge in [0, 0.05) is 22.1 Å². The standard InChI is InChI=1S/C23H29Cl2N3O4S/c1-16(22(30)26-23(2,3)4)27(14-17-9-6-7-12-20(17)25)21(29)15-28(33(5,31)32)19-11-8-10-18(24)13-19/h6-13,16H,14-15H2,1-5H3,(H,26,30). The van der Waals surface area contributed by atoms with E-state index in [4.69, 9.17) is 23.2 Å². The number of halogens is 2. The molecule has 1 atom stereocenters. The van der Waals surface area contributed by atoms with Crippen LogP contribution in [0.2, 0.25) is 10.0 Å². The van der Waals surface area contributed by atoms with Gasteiger partial charge in [-0.15, -0.1) is 0 Å². The van der Waals surface area contributed by atoms with Crippen LogP contribution in [-0.4, -0.2) is 49.5 Å². The van der Waals surface area contributed by atoms with Crippen molar-refractivity contribution in [2.75, 3.05) is 17.1 Å². The van der Waals surface area contributed by atoms with E-state index < -0.39 is 34.1 Å². The maximum absolute atomic E-state index is 13.4. The molecule has 0 fully saturated rings. The Morgan fingerprint density at radius 1 is 1.06 bits per heavy atom. The summed E-state index contributed by atoms with van der Waals surface area (Å²) in [6.45, 7) is 6.63. The number of amides is 2. The number of anilines is 1. The summed E-state index contributed by atoms with van der Waals surface area (Å²) in [6.07, 6.45) is 1.01. The van der Waals surface area contributed by atoms with E-state index in [1.165, 1.54) is 11.0 Å². The average molecular weight is 514 g/mol. The van der Waals surface area contributed by atoms with Crippen LogP contribution in [0.3, 0.4) is 0 Å². The zero-order valence-corrected chi connectivity index (χ0v) is 21.6. The second-order valence-corrected chi connectivity index (χ2v) is 11.5. The van der Waals surface area contributed by atoms with Crippen LogP contribution < -0.4 is 9.62 Å². The molecule has 2 rings (SSSR count). The van der Waals surface area contributed by atoms with Crippen LogP contribution in [0.4, 0.5) is 5.69 Å². The molecule has 1 unspecified atom stereocenters. The molecule has 2 aromatic carbocycles. The molecule has 1 N–H and O–H groups in total. The second-order valence-electron chi connectivity index (χ2n) is 8.78. The topological polar surface area (TPSA) is 86.8 Å². The maximum atomic E-state index is 13.4. The summed E-state index contributed by atoms with van der Waals surface area (Å²) < 4.78 is 26.0. The van der Waals surface area contributed by atoms with Crippen molar-refractivity contribution in [1.82, 2.24) is 10.2 Å². The van der Waals surface area contributed by atoms with E-state index >= 15 is 0 Å². The molecule has 2 aromatic rings. The Bertz CT molecular complexity index is 1120. The van der Waals surface area contributed by atoms with Crippen LogP contribution in [0.15, 0.2) is 48.5 Å². The minimum absolute atomic E-state index is 0.0321. The third-order valence-corrected chi connectivity index (χ3v) is 6.48. The number of hydrogen-bond donors (Lipinski definition) is 1. The number of nitrogens with one attached hydrogen (secondary N) is 1.